The summed E-state index contributed by atoms with van der Waals surface area (Å²) in [5.41, 5.74) is 3.42. The summed E-state index contributed by atoms with van der Waals surface area (Å²) >= 11 is 6.25. The molecule has 0 N–H and O–H groups in total. The van der Waals surface area contributed by atoms with Crippen molar-refractivity contribution in [1.82, 2.24) is 0 Å². The van der Waals surface area contributed by atoms with Crippen LogP contribution in [0.5, 0.6) is 0 Å². The van der Waals surface area contributed by atoms with E-state index in [1.165, 1.54) is 11.1 Å². The number of hydrogen-bond acceptors (Lipinski definition) is 2. The van der Waals surface area contributed by atoms with E-state index in [1.54, 1.807) is 0 Å². The van der Waals surface area contributed by atoms with E-state index < -0.39 is 0 Å². The molecule has 1 heterocycles. The molecule has 0 unspecified atom stereocenters. The number of rotatable bonds is 1. The quantitative estimate of drug-likeness (QED) is 0.716. The number of hydrogen-bond donors (Lipinski definition) is 0. The molecule has 4 heteroatoms. The van der Waals surface area contributed by atoms with Crippen LogP contribution in [0.25, 0.3) is 0 Å². The van der Waals surface area contributed by atoms with Crippen molar-refractivity contribution < 1.29 is 9.31 Å². The topological polar surface area (TPSA) is 18.5 Å². The van der Waals surface area contributed by atoms with Crippen LogP contribution < -0.4 is 5.46 Å². The van der Waals surface area contributed by atoms with E-state index in [0.717, 1.165) is 10.5 Å². The van der Waals surface area contributed by atoms with Gasteiger partial charge in [-0.1, -0.05) is 31.5 Å². The number of aryl methyl sites for hydroxylation is 2. The van der Waals surface area contributed by atoms with Crippen LogP contribution in [-0.2, 0) is 9.31 Å². The normalized spacial score (nSPS) is 19.5. The maximum Gasteiger partial charge on any atom is 0.495 e. The first-order valence-corrected chi connectivity index (χ1v) is 6.27. The summed E-state index contributed by atoms with van der Waals surface area (Å²) in [5.74, 6) is 0. The molecule has 1 fully saturated rings. The summed E-state index contributed by atoms with van der Waals surface area (Å²) in [6, 6.07) is 4.03. The molecule has 0 bridgehead atoms. The van der Waals surface area contributed by atoms with Crippen LogP contribution >= 0.6 is 11.6 Å². The lowest BCUT2D eigenvalue weighted by Crippen LogP contribution is -2.47. The average molecular weight is 253 g/mol. The van der Waals surface area contributed by atoms with Crippen molar-refractivity contribution in [3.63, 3.8) is 0 Å². The molecule has 0 spiro atoms. The van der Waals surface area contributed by atoms with Gasteiger partial charge in [0.15, 0.2) is 0 Å². The molecule has 1 aromatic carbocycles. The zero-order chi connectivity index (χ0) is 12.6. The van der Waals surface area contributed by atoms with Gasteiger partial charge >= 0.3 is 7.12 Å². The molecule has 92 valence electrons. The van der Waals surface area contributed by atoms with Gasteiger partial charge in [0.25, 0.3) is 0 Å². The molecule has 17 heavy (non-hydrogen) atoms. The standard InChI is InChI=1S/C13H18BClO2/c1-9-5-11(12(15)6-10(9)2)14-16-7-13(3,4)8-17-14/h5-6H,7-8H2,1-4H3. The van der Waals surface area contributed by atoms with E-state index in [0.29, 0.717) is 13.2 Å². The zero-order valence-electron chi connectivity index (χ0n) is 10.8. The van der Waals surface area contributed by atoms with E-state index in [1.807, 2.05) is 6.07 Å². The third-order valence-electron chi connectivity index (χ3n) is 3.12. The molecule has 2 rings (SSSR count). The van der Waals surface area contributed by atoms with Crippen LogP contribution in [0.15, 0.2) is 12.1 Å². The van der Waals surface area contributed by atoms with Crippen LogP contribution in [0.4, 0.5) is 0 Å². The Morgan fingerprint density at radius 1 is 1.12 bits per heavy atom. The summed E-state index contributed by atoms with van der Waals surface area (Å²) < 4.78 is 11.5. The first kappa shape index (κ1) is 12.9. The molecule has 0 amide bonds. The van der Waals surface area contributed by atoms with Crippen LogP contribution in [0.3, 0.4) is 0 Å². The third kappa shape index (κ3) is 2.84. The average Bonchev–Trinajstić information content (AvgIpc) is 2.24. The fourth-order valence-electron chi connectivity index (χ4n) is 1.86. The van der Waals surface area contributed by atoms with E-state index >= 15 is 0 Å². The highest BCUT2D eigenvalue weighted by Crippen LogP contribution is 2.23. The van der Waals surface area contributed by atoms with Gasteiger partial charge in [-0.3, -0.25) is 0 Å². The van der Waals surface area contributed by atoms with E-state index in [2.05, 4.69) is 33.8 Å². The lowest BCUT2D eigenvalue weighted by molar-refractivity contribution is 0.0343. The van der Waals surface area contributed by atoms with Crippen molar-refractivity contribution in [2.75, 3.05) is 13.2 Å². The largest absolute Gasteiger partial charge is 0.495 e. The minimum Gasteiger partial charge on any atom is -0.407 e. The Hall–Kier alpha value is -0.505. The van der Waals surface area contributed by atoms with E-state index in [-0.39, 0.29) is 12.5 Å². The summed E-state index contributed by atoms with van der Waals surface area (Å²) in [4.78, 5) is 0. The Labute approximate surface area is 108 Å². The van der Waals surface area contributed by atoms with Gasteiger partial charge < -0.3 is 9.31 Å². The summed E-state index contributed by atoms with van der Waals surface area (Å²) in [5, 5.41) is 0.720. The zero-order valence-corrected chi connectivity index (χ0v) is 11.6. The molecule has 0 saturated carbocycles. The molecule has 2 nitrogen and oxygen atoms in total. The fraction of sp³-hybridized carbons (Fsp3) is 0.538. The van der Waals surface area contributed by atoms with Gasteiger partial charge in [0, 0.05) is 29.1 Å². The summed E-state index contributed by atoms with van der Waals surface area (Å²) in [7, 11) is -0.324. The van der Waals surface area contributed by atoms with Crippen molar-refractivity contribution in [3.8, 4) is 0 Å². The van der Waals surface area contributed by atoms with Crippen molar-refractivity contribution in [2.24, 2.45) is 5.41 Å². The molecule has 1 aliphatic rings. The maximum atomic E-state index is 6.25. The first-order valence-electron chi connectivity index (χ1n) is 5.89. The molecule has 0 aliphatic carbocycles. The molecular weight excluding hydrogens is 234 g/mol. The molecule has 0 atom stereocenters. The van der Waals surface area contributed by atoms with Gasteiger partial charge in [0.2, 0.25) is 0 Å². The molecular formula is C13H18BClO2. The molecule has 1 aliphatic heterocycles. The summed E-state index contributed by atoms with van der Waals surface area (Å²) in [6.07, 6.45) is 0. The van der Waals surface area contributed by atoms with Gasteiger partial charge in [-0.05, 0) is 31.0 Å². The highest BCUT2D eigenvalue weighted by molar-refractivity contribution is 6.65. The smallest absolute Gasteiger partial charge is 0.407 e. The van der Waals surface area contributed by atoms with E-state index in [4.69, 9.17) is 20.9 Å². The lowest BCUT2D eigenvalue weighted by atomic mass is 9.75. The Kier molecular flexibility index (Phi) is 3.53. The molecule has 0 radical (unpaired) electrons. The Morgan fingerprint density at radius 3 is 2.24 bits per heavy atom. The van der Waals surface area contributed by atoms with Gasteiger partial charge in [-0.15, -0.1) is 0 Å². The highest BCUT2D eigenvalue weighted by atomic mass is 35.5. The Bertz CT molecular complexity index is 422. The maximum absolute atomic E-state index is 6.25. The van der Waals surface area contributed by atoms with Crippen molar-refractivity contribution in [3.05, 3.63) is 28.3 Å². The van der Waals surface area contributed by atoms with Crippen molar-refractivity contribution in [1.29, 1.82) is 0 Å². The SMILES string of the molecule is Cc1cc(Cl)c(B2OCC(C)(C)CO2)cc1C. The highest BCUT2D eigenvalue weighted by Gasteiger charge is 2.34. The molecule has 0 aromatic heterocycles. The predicted octanol–water partition coefficient (Wildman–Crippen LogP) is 2.73. The van der Waals surface area contributed by atoms with Crippen LogP contribution in [-0.4, -0.2) is 20.3 Å². The second kappa shape index (κ2) is 4.64. The second-order valence-corrected chi connectivity index (χ2v) is 5.98. The minimum absolute atomic E-state index is 0.0860. The van der Waals surface area contributed by atoms with Crippen molar-refractivity contribution in [2.45, 2.75) is 27.7 Å². The number of halogens is 1. The molecule has 1 aromatic rings. The van der Waals surface area contributed by atoms with Gasteiger partial charge in [-0.25, -0.2) is 0 Å². The molecule has 1 saturated heterocycles. The monoisotopic (exact) mass is 252 g/mol. The second-order valence-electron chi connectivity index (χ2n) is 5.58. The van der Waals surface area contributed by atoms with Gasteiger partial charge in [0.1, 0.15) is 0 Å². The minimum atomic E-state index is -0.324. The van der Waals surface area contributed by atoms with Crippen LogP contribution in [0.2, 0.25) is 5.02 Å². The summed E-state index contributed by atoms with van der Waals surface area (Å²) in [6.45, 7) is 9.77. The van der Waals surface area contributed by atoms with E-state index in [9.17, 15) is 0 Å². The van der Waals surface area contributed by atoms with Crippen LogP contribution in [0, 0.1) is 19.3 Å². The fourth-order valence-corrected chi connectivity index (χ4v) is 2.16. The van der Waals surface area contributed by atoms with Gasteiger partial charge in [-0.2, -0.15) is 0 Å². The third-order valence-corrected chi connectivity index (χ3v) is 3.45. The van der Waals surface area contributed by atoms with Crippen LogP contribution in [0.1, 0.15) is 25.0 Å². The van der Waals surface area contributed by atoms with Gasteiger partial charge in [0.05, 0.1) is 0 Å². The first-order chi connectivity index (χ1) is 7.89. The van der Waals surface area contributed by atoms with Crippen molar-refractivity contribution >= 4 is 24.2 Å². The number of benzene rings is 1. The Morgan fingerprint density at radius 2 is 1.65 bits per heavy atom. The Balaban J connectivity index is 2.21. The lowest BCUT2D eigenvalue weighted by Gasteiger charge is -2.33. The predicted molar refractivity (Wildman–Crippen MR) is 72.0 cm³/mol.